The molecule has 0 spiro atoms. The highest BCUT2D eigenvalue weighted by Gasteiger charge is 2.39. The van der Waals surface area contributed by atoms with Crippen molar-refractivity contribution in [2.75, 3.05) is 0 Å². The summed E-state index contributed by atoms with van der Waals surface area (Å²) in [6, 6.07) is 0. The van der Waals surface area contributed by atoms with Gasteiger partial charge in [0.1, 0.15) is 0 Å². The van der Waals surface area contributed by atoms with Crippen LogP contribution in [0.15, 0.2) is 46.1 Å². The number of allylic oxidation sites excluding steroid dienone is 6. The van der Waals surface area contributed by atoms with Crippen molar-refractivity contribution in [2.24, 2.45) is 5.92 Å². The summed E-state index contributed by atoms with van der Waals surface area (Å²) in [6.45, 7) is 8.35. The monoisotopic (exact) mass is 300 g/mol. The van der Waals surface area contributed by atoms with Gasteiger partial charge in [0.2, 0.25) is 0 Å². The van der Waals surface area contributed by atoms with E-state index in [-0.39, 0.29) is 5.92 Å². The molecular formula is C19H24O3. The maximum atomic E-state index is 11.9. The highest BCUT2D eigenvalue weighted by Crippen LogP contribution is 2.38. The maximum Gasteiger partial charge on any atom is 0.343 e. The molecule has 0 bridgehead atoms. The van der Waals surface area contributed by atoms with Crippen molar-refractivity contribution in [1.82, 2.24) is 0 Å². The van der Waals surface area contributed by atoms with E-state index in [0.717, 1.165) is 24.8 Å². The van der Waals surface area contributed by atoms with Gasteiger partial charge in [-0.25, -0.2) is 9.59 Å². The molecule has 1 atom stereocenters. The normalized spacial score (nSPS) is 21.5. The first-order valence-electron chi connectivity index (χ1n) is 7.85. The van der Waals surface area contributed by atoms with E-state index in [2.05, 4.69) is 32.9 Å². The summed E-state index contributed by atoms with van der Waals surface area (Å²) in [7, 11) is 0. The summed E-state index contributed by atoms with van der Waals surface area (Å²) >= 11 is 0. The third-order valence-corrected chi connectivity index (χ3v) is 4.30. The summed E-state index contributed by atoms with van der Waals surface area (Å²) in [4.78, 5) is 23.6. The third-order valence-electron chi connectivity index (χ3n) is 4.30. The molecule has 2 rings (SSSR count). The van der Waals surface area contributed by atoms with Crippen LogP contribution in [0.1, 0.15) is 53.4 Å². The number of carbonyl (C=O) groups excluding carboxylic acids is 2. The fourth-order valence-electron chi connectivity index (χ4n) is 2.93. The van der Waals surface area contributed by atoms with Crippen molar-refractivity contribution in [3.63, 3.8) is 0 Å². The van der Waals surface area contributed by atoms with Gasteiger partial charge >= 0.3 is 11.9 Å². The predicted molar refractivity (Wildman–Crippen MR) is 87.0 cm³/mol. The van der Waals surface area contributed by atoms with Gasteiger partial charge in [-0.15, -0.1) is 0 Å². The molecule has 22 heavy (non-hydrogen) atoms. The average molecular weight is 300 g/mol. The van der Waals surface area contributed by atoms with E-state index < -0.39 is 11.9 Å². The number of carbonyl (C=O) groups is 2. The maximum absolute atomic E-state index is 11.9. The Morgan fingerprint density at radius 3 is 2.64 bits per heavy atom. The summed E-state index contributed by atoms with van der Waals surface area (Å²) in [5, 5.41) is 0. The Morgan fingerprint density at radius 1 is 1.23 bits per heavy atom. The Bertz CT molecular complexity index is 611. The van der Waals surface area contributed by atoms with Crippen molar-refractivity contribution in [1.29, 1.82) is 0 Å². The molecule has 0 N–H and O–H groups in total. The molecule has 2 aliphatic rings. The quantitative estimate of drug-likeness (QED) is 0.429. The second-order valence-electron chi connectivity index (χ2n) is 6.38. The SMILES string of the molecule is CC(C)=CCCC(C)=CCC1C(C)=CCC2=C1C(=O)OC2=O. The molecular weight excluding hydrogens is 276 g/mol. The minimum absolute atomic E-state index is 0.0129. The lowest BCUT2D eigenvalue weighted by atomic mass is 9.81. The molecule has 0 aromatic heterocycles. The summed E-state index contributed by atoms with van der Waals surface area (Å²) < 4.78 is 4.77. The van der Waals surface area contributed by atoms with Crippen LogP contribution < -0.4 is 0 Å². The summed E-state index contributed by atoms with van der Waals surface area (Å²) in [5.74, 6) is -0.924. The lowest BCUT2D eigenvalue weighted by Crippen LogP contribution is -2.15. The van der Waals surface area contributed by atoms with Crippen LogP contribution in [0.4, 0.5) is 0 Å². The van der Waals surface area contributed by atoms with Crippen LogP contribution in [0.5, 0.6) is 0 Å². The Morgan fingerprint density at radius 2 is 1.95 bits per heavy atom. The van der Waals surface area contributed by atoms with Gasteiger partial charge in [0, 0.05) is 5.92 Å². The van der Waals surface area contributed by atoms with Gasteiger partial charge in [0.15, 0.2) is 0 Å². The van der Waals surface area contributed by atoms with Gasteiger partial charge < -0.3 is 4.74 Å². The molecule has 0 fully saturated rings. The largest absolute Gasteiger partial charge is 0.386 e. The smallest absolute Gasteiger partial charge is 0.343 e. The highest BCUT2D eigenvalue weighted by atomic mass is 16.6. The first-order chi connectivity index (χ1) is 10.4. The van der Waals surface area contributed by atoms with Crippen molar-refractivity contribution in [2.45, 2.75) is 53.4 Å². The van der Waals surface area contributed by atoms with Crippen molar-refractivity contribution >= 4 is 11.9 Å². The second-order valence-corrected chi connectivity index (χ2v) is 6.38. The number of cyclic esters (lactones) is 2. The summed E-state index contributed by atoms with van der Waals surface area (Å²) in [6.07, 6.45) is 9.80. The molecule has 0 saturated carbocycles. The molecule has 0 aromatic carbocycles. The Balaban J connectivity index is 2.07. The van der Waals surface area contributed by atoms with Gasteiger partial charge in [-0.2, -0.15) is 0 Å². The molecule has 1 heterocycles. The van der Waals surface area contributed by atoms with Gasteiger partial charge in [0.05, 0.1) is 11.1 Å². The molecule has 1 unspecified atom stereocenters. The van der Waals surface area contributed by atoms with Crippen LogP contribution in [-0.4, -0.2) is 11.9 Å². The van der Waals surface area contributed by atoms with Crippen LogP contribution in [0.2, 0.25) is 0 Å². The fraction of sp³-hybridized carbons (Fsp3) is 0.474. The van der Waals surface area contributed by atoms with E-state index >= 15 is 0 Å². The van der Waals surface area contributed by atoms with E-state index in [1.165, 1.54) is 11.1 Å². The number of ether oxygens (including phenoxy) is 1. The van der Waals surface area contributed by atoms with Gasteiger partial charge in [-0.05, 0) is 53.4 Å². The van der Waals surface area contributed by atoms with Crippen LogP contribution in [0, 0.1) is 5.92 Å². The van der Waals surface area contributed by atoms with Gasteiger partial charge in [0.25, 0.3) is 0 Å². The van der Waals surface area contributed by atoms with Crippen molar-refractivity contribution in [3.8, 4) is 0 Å². The van der Waals surface area contributed by atoms with E-state index in [0.29, 0.717) is 17.6 Å². The van der Waals surface area contributed by atoms with E-state index in [4.69, 9.17) is 4.74 Å². The minimum atomic E-state index is -0.460. The second kappa shape index (κ2) is 6.91. The molecule has 0 amide bonds. The van der Waals surface area contributed by atoms with Crippen LogP contribution in [0.25, 0.3) is 0 Å². The Labute approximate surface area is 132 Å². The van der Waals surface area contributed by atoms with Crippen molar-refractivity contribution < 1.29 is 14.3 Å². The Hall–Kier alpha value is -1.90. The lowest BCUT2D eigenvalue weighted by molar-refractivity contribution is -0.151. The fourth-order valence-corrected chi connectivity index (χ4v) is 2.93. The van der Waals surface area contributed by atoms with Gasteiger partial charge in [-0.3, -0.25) is 0 Å². The molecule has 3 nitrogen and oxygen atoms in total. The number of esters is 2. The molecule has 1 aliphatic carbocycles. The first kappa shape index (κ1) is 16.5. The zero-order valence-corrected chi connectivity index (χ0v) is 13.9. The zero-order chi connectivity index (χ0) is 16.3. The van der Waals surface area contributed by atoms with E-state index in [1.807, 2.05) is 13.0 Å². The van der Waals surface area contributed by atoms with E-state index in [1.54, 1.807) is 0 Å². The molecule has 0 saturated heterocycles. The van der Waals surface area contributed by atoms with Crippen LogP contribution >= 0.6 is 0 Å². The first-order valence-corrected chi connectivity index (χ1v) is 7.85. The van der Waals surface area contributed by atoms with E-state index in [9.17, 15) is 9.59 Å². The number of hydrogen-bond acceptors (Lipinski definition) is 3. The molecule has 1 aliphatic heterocycles. The number of hydrogen-bond donors (Lipinski definition) is 0. The van der Waals surface area contributed by atoms with Crippen molar-refractivity contribution in [3.05, 3.63) is 46.1 Å². The predicted octanol–water partition coefficient (Wildman–Crippen LogP) is 4.42. The Kier molecular flexibility index (Phi) is 5.17. The van der Waals surface area contributed by atoms with Gasteiger partial charge in [-0.1, -0.05) is 34.9 Å². The molecule has 0 radical (unpaired) electrons. The average Bonchev–Trinajstić information content (AvgIpc) is 2.72. The number of rotatable bonds is 5. The zero-order valence-electron chi connectivity index (χ0n) is 13.9. The molecule has 118 valence electrons. The highest BCUT2D eigenvalue weighted by molar-refractivity contribution is 6.13. The standard InChI is InChI=1S/C19H24O3/c1-12(2)6-5-7-13(3)8-10-15-14(4)9-11-16-17(15)19(21)22-18(16)20/h6,8-9,15H,5,7,10-11H2,1-4H3. The topological polar surface area (TPSA) is 43.4 Å². The minimum Gasteiger partial charge on any atom is -0.386 e. The van der Waals surface area contributed by atoms with Crippen LogP contribution in [0.3, 0.4) is 0 Å². The lowest BCUT2D eigenvalue weighted by Gasteiger charge is -2.20. The summed E-state index contributed by atoms with van der Waals surface area (Å²) in [5.41, 5.74) is 4.94. The molecule has 3 heteroatoms. The van der Waals surface area contributed by atoms with Crippen LogP contribution in [-0.2, 0) is 14.3 Å². The third kappa shape index (κ3) is 3.65. The molecule has 0 aromatic rings.